The van der Waals surface area contributed by atoms with Gasteiger partial charge in [0.15, 0.2) is 0 Å². The Hall–Kier alpha value is -1.48. The molecule has 0 radical (unpaired) electrons. The minimum absolute atomic E-state index is 0.00796. The first-order valence-corrected chi connectivity index (χ1v) is 11.1. The summed E-state index contributed by atoms with van der Waals surface area (Å²) >= 11 is 0. The molecule has 3 aliphatic rings. The van der Waals surface area contributed by atoms with Crippen molar-refractivity contribution in [3.8, 4) is 0 Å². The first kappa shape index (κ1) is 18.9. The molecule has 0 N–H and O–H groups in total. The summed E-state index contributed by atoms with van der Waals surface area (Å²) in [6, 6.07) is 9.22. The first-order chi connectivity index (χ1) is 13.0. The Kier molecular flexibility index (Phi) is 5.24. The lowest BCUT2D eigenvalue weighted by atomic mass is 10.0. The van der Waals surface area contributed by atoms with E-state index < -0.39 is 15.6 Å². The molecule has 3 saturated heterocycles. The van der Waals surface area contributed by atoms with E-state index in [1.165, 1.54) is 4.31 Å². The highest BCUT2D eigenvalue weighted by molar-refractivity contribution is 7.88. The monoisotopic (exact) mass is 394 g/mol. The molecule has 0 bridgehead atoms. The fourth-order valence-electron chi connectivity index (χ4n) is 4.19. The zero-order chi connectivity index (χ0) is 18.9. The molecule has 3 heterocycles. The molecule has 3 fully saturated rings. The van der Waals surface area contributed by atoms with Crippen LogP contribution in [0.3, 0.4) is 0 Å². The summed E-state index contributed by atoms with van der Waals surface area (Å²) in [4.78, 5) is 14.5. The minimum Gasteiger partial charge on any atom is -0.381 e. The van der Waals surface area contributed by atoms with Crippen LogP contribution in [-0.4, -0.2) is 75.1 Å². The van der Waals surface area contributed by atoms with Crippen molar-refractivity contribution in [1.29, 1.82) is 0 Å². The number of nitrogens with zero attached hydrogens (tertiary/aromatic N) is 2. The number of hydrogen-bond donors (Lipinski definition) is 0. The van der Waals surface area contributed by atoms with Crippen molar-refractivity contribution in [2.24, 2.45) is 5.92 Å². The second kappa shape index (κ2) is 7.50. The molecule has 3 aliphatic heterocycles. The van der Waals surface area contributed by atoms with E-state index in [4.69, 9.17) is 9.47 Å². The van der Waals surface area contributed by atoms with E-state index in [1.807, 2.05) is 35.2 Å². The standard InChI is InChI=1S/C19H26N2O5S/c22-18(17-6-10-25-12-17)20-8-7-19(14-20)15-21(9-11-26-19)27(23,24)13-16-4-2-1-3-5-16/h1-5,17H,6-15H2. The maximum atomic E-state index is 12.9. The number of hydrogen-bond acceptors (Lipinski definition) is 5. The maximum absolute atomic E-state index is 12.9. The van der Waals surface area contributed by atoms with E-state index in [9.17, 15) is 13.2 Å². The van der Waals surface area contributed by atoms with Gasteiger partial charge < -0.3 is 14.4 Å². The molecule has 7 nitrogen and oxygen atoms in total. The van der Waals surface area contributed by atoms with Gasteiger partial charge in [-0.15, -0.1) is 0 Å². The number of ether oxygens (including phenoxy) is 2. The number of likely N-dealkylation sites (tertiary alicyclic amines) is 1. The molecule has 1 aromatic carbocycles. The SMILES string of the molecule is O=C(C1CCOC1)N1CCC2(C1)CN(S(=O)(=O)Cc1ccccc1)CCO2. The third-order valence-electron chi connectivity index (χ3n) is 5.71. The van der Waals surface area contributed by atoms with Crippen molar-refractivity contribution in [2.75, 3.05) is 46.0 Å². The Morgan fingerprint density at radius 2 is 1.96 bits per heavy atom. The Balaban J connectivity index is 1.42. The van der Waals surface area contributed by atoms with Gasteiger partial charge in [-0.3, -0.25) is 4.79 Å². The fourth-order valence-corrected chi connectivity index (χ4v) is 5.77. The highest BCUT2D eigenvalue weighted by Gasteiger charge is 2.47. The van der Waals surface area contributed by atoms with Gasteiger partial charge in [-0.05, 0) is 18.4 Å². The summed E-state index contributed by atoms with van der Waals surface area (Å²) in [5.41, 5.74) is 0.194. The van der Waals surface area contributed by atoms with Crippen LogP contribution in [0, 0.1) is 5.92 Å². The Morgan fingerprint density at radius 3 is 2.70 bits per heavy atom. The third kappa shape index (κ3) is 4.03. The van der Waals surface area contributed by atoms with Crippen molar-refractivity contribution >= 4 is 15.9 Å². The van der Waals surface area contributed by atoms with Gasteiger partial charge in [-0.1, -0.05) is 30.3 Å². The van der Waals surface area contributed by atoms with Crippen LogP contribution in [0.2, 0.25) is 0 Å². The van der Waals surface area contributed by atoms with Gasteiger partial charge in [-0.25, -0.2) is 8.42 Å². The predicted molar refractivity (Wildman–Crippen MR) is 99.4 cm³/mol. The van der Waals surface area contributed by atoms with Crippen LogP contribution < -0.4 is 0 Å². The third-order valence-corrected chi connectivity index (χ3v) is 7.50. The van der Waals surface area contributed by atoms with E-state index >= 15 is 0 Å². The highest BCUT2D eigenvalue weighted by atomic mass is 32.2. The van der Waals surface area contributed by atoms with Crippen LogP contribution in [0.1, 0.15) is 18.4 Å². The lowest BCUT2D eigenvalue weighted by Gasteiger charge is -2.39. The number of amides is 1. The van der Waals surface area contributed by atoms with E-state index in [0.717, 1.165) is 12.0 Å². The number of carbonyl (C=O) groups is 1. The fraction of sp³-hybridized carbons (Fsp3) is 0.632. The lowest BCUT2D eigenvalue weighted by Crippen LogP contribution is -2.55. The van der Waals surface area contributed by atoms with E-state index in [2.05, 4.69) is 0 Å². The number of benzene rings is 1. The molecule has 8 heteroatoms. The second-order valence-electron chi connectivity index (χ2n) is 7.68. The second-order valence-corrected chi connectivity index (χ2v) is 9.65. The molecule has 148 valence electrons. The van der Waals surface area contributed by atoms with Crippen molar-refractivity contribution in [3.63, 3.8) is 0 Å². The molecule has 27 heavy (non-hydrogen) atoms. The van der Waals surface area contributed by atoms with Crippen molar-refractivity contribution < 1.29 is 22.7 Å². The van der Waals surface area contributed by atoms with Crippen LogP contribution in [-0.2, 0) is 30.0 Å². The van der Waals surface area contributed by atoms with Crippen molar-refractivity contribution in [3.05, 3.63) is 35.9 Å². The van der Waals surface area contributed by atoms with Crippen LogP contribution in [0.5, 0.6) is 0 Å². The molecule has 0 saturated carbocycles. The summed E-state index contributed by atoms with van der Waals surface area (Å²) in [7, 11) is -3.42. The van der Waals surface area contributed by atoms with E-state index in [-0.39, 0.29) is 17.6 Å². The summed E-state index contributed by atoms with van der Waals surface area (Å²) in [5.74, 6) is 0.0327. The Bertz CT molecular complexity index is 779. The normalized spacial score (nSPS) is 29.5. The summed E-state index contributed by atoms with van der Waals surface area (Å²) in [5, 5.41) is 0. The van der Waals surface area contributed by atoms with Crippen LogP contribution in [0.25, 0.3) is 0 Å². The highest BCUT2D eigenvalue weighted by Crippen LogP contribution is 2.32. The van der Waals surface area contributed by atoms with Gasteiger partial charge in [-0.2, -0.15) is 4.31 Å². The van der Waals surface area contributed by atoms with Crippen LogP contribution in [0.15, 0.2) is 30.3 Å². The van der Waals surface area contributed by atoms with E-state index in [1.54, 1.807) is 0 Å². The number of morpholine rings is 1. The first-order valence-electron chi connectivity index (χ1n) is 9.50. The summed E-state index contributed by atoms with van der Waals surface area (Å²) in [6.45, 7) is 3.23. The molecule has 0 aliphatic carbocycles. The molecule has 1 amide bonds. The number of carbonyl (C=O) groups excluding carboxylic acids is 1. The molecule has 1 spiro atoms. The molecule has 0 aromatic heterocycles. The maximum Gasteiger partial charge on any atom is 0.228 e. The van der Waals surface area contributed by atoms with Gasteiger partial charge in [0.1, 0.15) is 5.60 Å². The molecule has 4 rings (SSSR count). The molecule has 2 atom stereocenters. The largest absolute Gasteiger partial charge is 0.381 e. The average Bonchev–Trinajstić information content (AvgIpc) is 3.33. The topological polar surface area (TPSA) is 76.2 Å². The minimum atomic E-state index is -3.42. The van der Waals surface area contributed by atoms with Gasteiger partial charge in [0.25, 0.3) is 0 Å². The lowest BCUT2D eigenvalue weighted by molar-refractivity contribution is -0.137. The predicted octanol–water partition coefficient (Wildman–Crippen LogP) is 0.856. The molecule has 1 aromatic rings. The van der Waals surface area contributed by atoms with Crippen molar-refractivity contribution in [1.82, 2.24) is 9.21 Å². The average molecular weight is 394 g/mol. The Labute approximate surface area is 160 Å². The quantitative estimate of drug-likeness (QED) is 0.757. The Morgan fingerprint density at radius 1 is 1.15 bits per heavy atom. The van der Waals surface area contributed by atoms with E-state index in [0.29, 0.717) is 52.4 Å². The zero-order valence-electron chi connectivity index (χ0n) is 15.4. The molecule has 2 unspecified atom stereocenters. The van der Waals surface area contributed by atoms with Crippen molar-refractivity contribution in [2.45, 2.75) is 24.2 Å². The molecular formula is C19H26N2O5S. The number of rotatable bonds is 4. The van der Waals surface area contributed by atoms with Gasteiger partial charge in [0.2, 0.25) is 15.9 Å². The zero-order valence-corrected chi connectivity index (χ0v) is 16.2. The summed E-state index contributed by atoms with van der Waals surface area (Å²) < 4.78 is 38.7. The smallest absolute Gasteiger partial charge is 0.228 e. The van der Waals surface area contributed by atoms with Crippen LogP contribution >= 0.6 is 0 Å². The van der Waals surface area contributed by atoms with Crippen LogP contribution in [0.4, 0.5) is 0 Å². The number of sulfonamides is 1. The summed E-state index contributed by atoms with van der Waals surface area (Å²) in [6.07, 6.45) is 1.43. The van der Waals surface area contributed by atoms with Gasteiger partial charge >= 0.3 is 0 Å². The van der Waals surface area contributed by atoms with Gasteiger partial charge in [0, 0.05) is 26.2 Å². The molecular weight excluding hydrogens is 368 g/mol. The van der Waals surface area contributed by atoms with Gasteiger partial charge in [0.05, 0.1) is 31.4 Å².